The van der Waals surface area contributed by atoms with Crippen LogP contribution < -0.4 is 0 Å². The van der Waals surface area contributed by atoms with Crippen LogP contribution >= 0.6 is 11.6 Å². The Morgan fingerprint density at radius 2 is 1.21 bits per heavy atom. The van der Waals surface area contributed by atoms with Gasteiger partial charge in [0, 0.05) is 12.2 Å². The summed E-state index contributed by atoms with van der Waals surface area (Å²) in [5.74, 6) is -0.384. The molecule has 4 nitrogen and oxygen atoms in total. The van der Waals surface area contributed by atoms with Gasteiger partial charge in [-0.2, -0.15) is 5.26 Å². The number of ether oxygens (including phenoxy) is 2. The maximum Gasteiger partial charge on any atom is 0.330 e. The van der Waals surface area contributed by atoms with E-state index in [0.717, 1.165) is 6.08 Å². The van der Waals surface area contributed by atoms with E-state index in [1.165, 1.54) is 120 Å². The number of esters is 1. The predicted octanol–water partition coefficient (Wildman–Crippen LogP) is 11.8. The minimum atomic E-state index is -0.384. The van der Waals surface area contributed by atoms with Crippen molar-refractivity contribution in [2.45, 2.75) is 123 Å². The molecular weight excluding hydrogens is 542 g/mol. The van der Waals surface area contributed by atoms with E-state index in [2.05, 4.69) is 44.9 Å². The van der Waals surface area contributed by atoms with Gasteiger partial charge >= 0.3 is 5.97 Å². The fraction of sp³-hybridized carbons (Fsp3) is 0.568. The largest absolute Gasteiger partial charge is 0.460 e. The van der Waals surface area contributed by atoms with Gasteiger partial charge < -0.3 is 9.47 Å². The van der Waals surface area contributed by atoms with Gasteiger partial charge in [0.05, 0.1) is 12.7 Å². The number of benzene rings is 1. The summed E-state index contributed by atoms with van der Waals surface area (Å²) in [6.07, 6.45) is 27.7. The quantitative estimate of drug-likeness (QED) is 0.0520. The monoisotopic (exact) mass is 601 g/mol. The third kappa shape index (κ3) is 44.4. The van der Waals surface area contributed by atoms with Crippen LogP contribution in [0.25, 0.3) is 6.08 Å². The SMILES string of the molecule is C=CC#N.C=CC(=O)OCC1CO1.C=CCl.C=Cc1ccccc1.CCCCCCCCCCCCCCCCCC. The molecule has 1 heterocycles. The first kappa shape index (κ1) is 43.8. The molecule has 1 unspecified atom stereocenters. The number of carbonyl (C=O) groups is 1. The van der Waals surface area contributed by atoms with Gasteiger partial charge in [0.25, 0.3) is 0 Å². The zero-order chi connectivity index (χ0) is 31.9. The third-order valence-electron chi connectivity index (χ3n) is 6.06. The van der Waals surface area contributed by atoms with E-state index >= 15 is 0 Å². The van der Waals surface area contributed by atoms with E-state index in [1.807, 2.05) is 36.4 Å². The molecule has 0 amide bonds. The Labute approximate surface area is 264 Å². The number of unbranched alkanes of at least 4 members (excludes halogenated alkanes) is 15. The van der Waals surface area contributed by atoms with E-state index in [-0.39, 0.29) is 12.1 Å². The summed E-state index contributed by atoms with van der Waals surface area (Å²) in [6, 6.07) is 11.7. The molecule has 0 bridgehead atoms. The second-order valence-corrected chi connectivity index (χ2v) is 10.2. The molecule has 238 valence electrons. The Hall–Kier alpha value is -2.61. The second kappa shape index (κ2) is 40.5. The Morgan fingerprint density at radius 1 is 0.857 bits per heavy atom. The molecule has 0 spiro atoms. The Morgan fingerprint density at radius 3 is 1.45 bits per heavy atom. The van der Waals surface area contributed by atoms with Gasteiger partial charge in [0.15, 0.2) is 0 Å². The predicted molar refractivity (Wildman–Crippen MR) is 185 cm³/mol. The lowest BCUT2D eigenvalue weighted by Gasteiger charge is -2.03. The highest BCUT2D eigenvalue weighted by Gasteiger charge is 2.23. The minimum Gasteiger partial charge on any atom is -0.460 e. The first-order valence-electron chi connectivity index (χ1n) is 15.8. The summed E-state index contributed by atoms with van der Waals surface area (Å²) in [5, 5.41) is 7.51. The van der Waals surface area contributed by atoms with Crippen molar-refractivity contribution in [3.05, 3.63) is 79.9 Å². The molecule has 0 radical (unpaired) electrons. The van der Waals surface area contributed by atoms with Gasteiger partial charge in [0.2, 0.25) is 0 Å². The van der Waals surface area contributed by atoms with Gasteiger partial charge in [-0.05, 0) is 11.1 Å². The lowest BCUT2D eigenvalue weighted by atomic mass is 10.0. The molecular formula is C37H60ClNO3. The molecule has 0 aromatic heterocycles. The van der Waals surface area contributed by atoms with Crippen LogP contribution in [0.2, 0.25) is 0 Å². The van der Waals surface area contributed by atoms with Crippen LogP contribution in [-0.2, 0) is 14.3 Å². The maximum absolute atomic E-state index is 10.3. The second-order valence-electron chi connectivity index (χ2n) is 9.84. The van der Waals surface area contributed by atoms with E-state index in [0.29, 0.717) is 13.2 Å². The van der Waals surface area contributed by atoms with E-state index < -0.39 is 0 Å². The molecule has 5 heteroatoms. The average Bonchev–Trinajstić information content (AvgIpc) is 3.86. The van der Waals surface area contributed by atoms with Crippen molar-refractivity contribution in [3.8, 4) is 6.07 Å². The van der Waals surface area contributed by atoms with Crippen LogP contribution in [0, 0.1) is 11.3 Å². The summed E-state index contributed by atoms with van der Waals surface area (Å²) in [4.78, 5) is 10.3. The number of nitrogens with zero attached hydrogens (tertiary/aromatic N) is 1. The van der Waals surface area contributed by atoms with E-state index in [1.54, 1.807) is 6.07 Å². The number of epoxide rings is 1. The van der Waals surface area contributed by atoms with Crippen LogP contribution in [0.4, 0.5) is 0 Å². The highest BCUT2D eigenvalue weighted by atomic mass is 35.5. The van der Waals surface area contributed by atoms with Crippen molar-refractivity contribution in [2.24, 2.45) is 0 Å². The lowest BCUT2D eigenvalue weighted by Crippen LogP contribution is -2.06. The van der Waals surface area contributed by atoms with Gasteiger partial charge in [0.1, 0.15) is 12.7 Å². The molecule has 0 saturated carbocycles. The van der Waals surface area contributed by atoms with Crippen molar-refractivity contribution < 1.29 is 14.3 Å². The topological polar surface area (TPSA) is 62.6 Å². The summed E-state index contributed by atoms with van der Waals surface area (Å²) in [7, 11) is 0. The zero-order valence-corrected chi connectivity index (χ0v) is 27.6. The maximum atomic E-state index is 10.3. The molecule has 1 aliphatic heterocycles. The Balaban J connectivity index is -0.000000525. The molecule has 1 atom stereocenters. The molecule has 1 aromatic carbocycles. The number of carbonyl (C=O) groups excluding carboxylic acids is 1. The van der Waals surface area contributed by atoms with Gasteiger partial charge in [-0.15, -0.1) is 0 Å². The van der Waals surface area contributed by atoms with E-state index in [4.69, 9.17) is 21.6 Å². The highest BCUT2D eigenvalue weighted by molar-refractivity contribution is 6.25. The first-order valence-corrected chi connectivity index (χ1v) is 16.2. The first-order chi connectivity index (χ1) is 20.5. The molecule has 1 aliphatic rings. The van der Waals surface area contributed by atoms with Crippen molar-refractivity contribution >= 4 is 23.6 Å². The number of halogens is 1. The standard InChI is InChI=1S/C18H38.C8H8.C6H8O3.C3H3N.C2H3Cl/c1-3-5-7-9-11-13-15-17-18-16-14-12-10-8-6-4-2;1-2-8-6-4-3-5-7-8;1-2-6(7)9-4-5-3-8-5;1-2-3-4;1-2-3/h3-18H2,1-2H3;2-7H,1H2;2,5H,1,3-4H2;2H,1H2;2H,1H2. The number of hydrogen-bond donors (Lipinski definition) is 0. The summed E-state index contributed by atoms with van der Waals surface area (Å²) < 4.78 is 9.42. The third-order valence-corrected chi connectivity index (χ3v) is 6.06. The average molecular weight is 602 g/mol. The smallest absolute Gasteiger partial charge is 0.330 e. The number of allylic oxidation sites excluding steroid dienone is 1. The van der Waals surface area contributed by atoms with Crippen molar-refractivity contribution in [3.63, 3.8) is 0 Å². The highest BCUT2D eigenvalue weighted by Crippen LogP contribution is 2.13. The number of rotatable bonds is 19. The van der Waals surface area contributed by atoms with Crippen molar-refractivity contribution in [2.75, 3.05) is 13.2 Å². The molecule has 42 heavy (non-hydrogen) atoms. The zero-order valence-electron chi connectivity index (χ0n) is 26.9. The van der Waals surface area contributed by atoms with Crippen LogP contribution in [0.15, 0.2) is 74.3 Å². The minimum absolute atomic E-state index is 0.147. The Kier molecular flexibility index (Phi) is 42.3. The molecule has 2 rings (SSSR count). The van der Waals surface area contributed by atoms with Crippen LogP contribution in [0.5, 0.6) is 0 Å². The number of nitriles is 1. The summed E-state index contributed by atoms with van der Waals surface area (Å²) >= 11 is 4.76. The van der Waals surface area contributed by atoms with Gasteiger partial charge in [-0.1, -0.05) is 191 Å². The molecule has 1 aromatic rings. The van der Waals surface area contributed by atoms with Crippen LogP contribution in [0.3, 0.4) is 0 Å². The van der Waals surface area contributed by atoms with Crippen LogP contribution in [-0.4, -0.2) is 25.3 Å². The molecule has 0 N–H and O–H groups in total. The number of hydrogen-bond acceptors (Lipinski definition) is 4. The molecule has 1 fully saturated rings. The van der Waals surface area contributed by atoms with E-state index in [9.17, 15) is 4.79 Å². The lowest BCUT2D eigenvalue weighted by molar-refractivity contribution is -0.138. The Bertz CT molecular complexity index is 753. The fourth-order valence-corrected chi connectivity index (χ4v) is 3.61. The van der Waals surface area contributed by atoms with Gasteiger partial charge in [-0.25, -0.2) is 4.79 Å². The normalized spacial score (nSPS) is 11.9. The summed E-state index contributed by atoms with van der Waals surface area (Å²) in [5.41, 5.74) is 2.40. The van der Waals surface area contributed by atoms with Crippen molar-refractivity contribution in [1.29, 1.82) is 5.26 Å². The molecule has 1 saturated heterocycles. The molecule has 0 aliphatic carbocycles. The van der Waals surface area contributed by atoms with Gasteiger partial charge in [-0.3, -0.25) is 0 Å². The fourth-order valence-electron chi connectivity index (χ4n) is 3.61. The summed E-state index contributed by atoms with van der Waals surface area (Å²) in [6.45, 7) is 18.8. The van der Waals surface area contributed by atoms with Crippen molar-refractivity contribution in [1.82, 2.24) is 0 Å². The van der Waals surface area contributed by atoms with Crippen LogP contribution in [0.1, 0.15) is 122 Å².